The minimum atomic E-state index is 0.00338. The van der Waals surface area contributed by atoms with Crippen LogP contribution in [0.15, 0.2) is 54.6 Å². The number of methoxy groups -OCH3 is 1. The Hall–Kier alpha value is -3.10. The first kappa shape index (κ1) is 18.9. The lowest BCUT2D eigenvalue weighted by atomic mass is 9.84. The van der Waals surface area contributed by atoms with Gasteiger partial charge in [0.2, 0.25) is 0 Å². The van der Waals surface area contributed by atoms with Crippen molar-refractivity contribution in [3.8, 4) is 16.9 Å². The largest absolute Gasteiger partial charge is 0.496 e. The van der Waals surface area contributed by atoms with Crippen molar-refractivity contribution in [2.24, 2.45) is 0 Å². The maximum absolute atomic E-state index is 12.7. The third-order valence-corrected chi connectivity index (χ3v) is 6.43. The lowest BCUT2D eigenvalue weighted by Crippen LogP contribution is -2.05. The normalized spacial score (nSPS) is 12.7. The lowest BCUT2D eigenvalue weighted by molar-refractivity contribution is 0.104. The van der Waals surface area contributed by atoms with Crippen LogP contribution in [-0.2, 0) is 5.88 Å². The van der Waals surface area contributed by atoms with Crippen LogP contribution in [0.1, 0.15) is 32.6 Å². The number of ketones is 1. The van der Waals surface area contributed by atoms with E-state index in [9.17, 15) is 4.79 Å². The molecule has 30 heavy (non-hydrogen) atoms. The van der Waals surface area contributed by atoms with Gasteiger partial charge in [0, 0.05) is 22.2 Å². The van der Waals surface area contributed by atoms with Crippen LogP contribution in [0.25, 0.3) is 38.7 Å². The zero-order valence-corrected chi connectivity index (χ0v) is 17.9. The van der Waals surface area contributed by atoms with Crippen molar-refractivity contribution < 1.29 is 9.53 Å². The molecule has 0 amide bonds. The highest BCUT2D eigenvalue weighted by atomic mass is 35.5. The number of alkyl halides is 1. The van der Waals surface area contributed by atoms with Crippen molar-refractivity contribution in [2.75, 3.05) is 7.11 Å². The van der Waals surface area contributed by atoms with Gasteiger partial charge in [-0.25, -0.2) is 0 Å². The summed E-state index contributed by atoms with van der Waals surface area (Å²) < 4.78 is 5.75. The van der Waals surface area contributed by atoms with Gasteiger partial charge in [-0.3, -0.25) is 4.79 Å². The van der Waals surface area contributed by atoms with Crippen LogP contribution in [0.5, 0.6) is 5.75 Å². The third-order valence-electron chi connectivity index (χ3n) is 6.14. The molecule has 2 nitrogen and oxygen atoms in total. The van der Waals surface area contributed by atoms with E-state index in [4.69, 9.17) is 16.3 Å². The Morgan fingerprint density at radius 3 is 2.37 bits per heavy atom. The van der Waals surface area contributed by atoms with E-state index in [1.807, 2.05) is 24.3 Å². The first-order valence-electron chi connectivity index (χ1n) is 9.98. The van der Waals surface area contributed by atoms with Crippen LogP contribution in [0.4, 0.5) is 0 Å². The summed E-state index contributed by atoms with van der Waals surface area (Å²) in [6.07, 6.45) is 3.51. The predicted molar refractivity (Wildman–Crippen MR) is 126 cm³/mol. The molecule has 4 aromatic carbocycles. The summed E-state index contributed by atoms with van der Waals surface area (Å²) in [7, 11) is 1.67. The minimum absolute atomic E-state index is 0.00338. The second kappa shape index (κ2) is 7.00. The zero-order valence-electron chi connectivity index (χ0n) is 17.2. The van der Waals surface area contributed by atoms with Crippen molar-refractivity contribution >= 4 is 45.0 Å². The summed E-state index contributed by atoms with van der Waals surface area (Å²) in [6.45, 7) is 4.27. The lowest BCUT2D eigenvalue weighted by Gasteiger charge is -2.21. The van der Waals surface area contributed by atoms with Gasteiger partial charge in [0.05, 0.1) is 7.11 Å². The Labute approximate surface area is 180 Å². The van der Waals surface area contributed by atoms with Gasteiger partial charge in [-0.05, 0) is 82.3 Å². The van der Waals surface area contributed by atoms with Crippen molar-refractivity contribution in [1.82, 2.24) is 0 Å². The molecule has 0 saturated heterocycles. The van der Waals surface area contributed by atoms with E-state index < -0.39 is 0 Å². The standard InChI is InChI=1S/C27H21ClO2/c1-15-4-5-16(2)21-12-18(6-9-20(15)21)25-19(14-28)13-22-23(29)10-7-17-8-11-24(30-3)27(25)26(17)22/h4-13H,14H2,1-3H3. The summed E-state index contributed by atoms with van der Waals surface area (Å²) in [5.74, 6) is 1.07. The number of carbonyl (C=O) groups excluding carboxylic acids is 1. The summed E-state index contributed by atoms with van der Waals surface area (Å²) in [5, 5.41) is 4.36. The fourth-order valence-corrected chi connectivity index (χ4v) is 4.82. The number of benzene rings is 4. The number of halogens is 1. The highest BCUT2D eigenvalue weighted by molar-refractivity contribution is 6.25. The van der Waals surface area contributed by atoms with E-state index >= 15 is 0 Å². The Balaban J connectivity index is 1.95. The summed E-state index contributed by atoms with van der Waals surface area (Å²) in [6, 6.07) is 16.8. The molecule has 0 saturated carbocycles. The maximum Gasteiger partial charge on any atom is 0.186 e. The van der Waals surface area contributed by atoms with Gasteiger partial charge in [-0.1, -0.05) is 36.4 Å². The molecular weight excluding hydrogens is 392 g/mol. The minimum Gasteiger partial charge on any atom is -0.496 e. The molecule has 0 atom stereocenters. The van der Waals surface area contributed by atoms with Crippen molar-refractivity contribution in [3.05, 3.63) is 82.4 Å². The van der Waals surface area contributed by atoms with Crippen LogP contribution in [0.2, 0.25) is 0 Å². The van der Waals surface area contributed by atoms with Gasteiger partial charge >= 0.3 is 0 Å². The van der Waals surface area contributed by atoms with E-state index in [1.165, 1.54) is 21.9 Å². The molecule has 0 spiro atoms. The molecule has 4 aromatic rings. The third kappa shape index (κ3) is 2.68. The van der Waals surface area contributed by atoms with Crippen LogP contribution in [0.3, 0.4) is 0 Å². The fourth-order valence-electron chi connectivity index (χ4n) is 4.61. The maximum atomic E-state index is 12.7. The number of hydrogen-bond acceptors (Lipinski definition) is 2. The molecule has 1 aliphatic carbocycles. The fraction of sp³-hybridized carbons (Fsp3) is 0.148. The Morgan fingerprint density at radius 2 is 1.63 bits per heavy atom. The topological polar surface area (TPSA) is 26.3 Å². The average molecular weight is 413 g/mol. The van der Waals surface area contributed by atoms with Crippen LogP contribution >= 0.6 is 11.6 Å². The van der Waals surface area contributed by atoms with Crippen molar-refractivity contribution in [1.29, 1.82) is 0 Å². The number of hydrogen-bond donors (Lipinski definition) is 0. The molecule has 0 aliphatic heterocycles. The number of rotatable bonds is 3. The number of carbonyl (C=O) groups is 1. The first-order valence-corrected chi connectivity index (χ1v) is 10.5. The monoisotopic (exact) mass is 412 g/mol. The smallest absolute Gasteiger partial charge is 0.186 e. The van der Waals surface area contributed by atoms with Gasteiger partial charge in [0.1, 0.15) is 5.75 Å². The van der Waals surface area contributed by atoms with Gasteiger partial charge in [-0.15, -0.1) is 11.6 Å². The molecule has 0 radical (unpaired) electrons. The molecule has 148 valence electrons. The van der Waals surface area contributed by atoms with E-state index in [2.05, 4.69) is 44.2 Å². The van der Waals surface area contributed by atoms with Gasteiger partial charge in [-0.2, -0.15) is 0 Å². The quantitative estimate of drug-likeness (QED) is 0.331. The Kier molecular flexibility index (Phi) is 4.41. The molecule has 5 rings (SSSR count). The number of fused-ring (bicyclic) bond motifs is 1. The second-order valence-electron chi connectivity index (χ2n) is 7.86. The predicted octanol–water partition coefficient (Wildman–Crippen LogP) is 7.23. The summed E-state index contributed by atoms with van der Waals surface area (Å²) >= 11 is 6.42. The average Bonchev–Trinajstić information content (AvgIpc) is 2.78. The second-order valence-corrected chi connectivity index (χ2v) is 8.12. The van der Waals surface area contributed by atoms with E-state index in [1.54, 1.807) is 13.2 Å². The van der Waals surface area contributed by atoms with E-state index in [0.717, 1.165) is 38.8 Å². The van der Waals surface area contributed by atoms with Crippen molar-refractivity contribution in [2.45, 2.75) is 19.7 Å². The molecular formula is C27H21ClO2. The molecule has 0 fully saturated rings. The molecule has 3 heteroatoms. The number of ether oxygens (including phenoxy) is 1. The van der Waals surface area contributed by atoms with Gasteiger partial charge in [0.15, 0.2) is 5.78 Å². The van der Waals surface area contributed by atoms with E-state index in [-0.39, 0.29) is 5.78 Å². The van der Waals surface area contributed by atoms with Crippen LogP contribution in [-0.4, -0.2) is 12.9 Å². The molecule has 0 bridgehead atoms. The molecule has 0 heterocycles. The van der Waals surface area contributed by atoms with Gasteiger partial charge in [0.25, 0.3) is 0 Å². The first-order chi connectivity index (χ1) is 14.5. The van der Waals surface area contributed by atoms with Crippen LogP contribution in [0, 0.1) is 13.8 Å². The molecule has 1 aliphatic rings. The number of allylic oxidation sites excluding steroid dienone is 1. The highest BCUT2D eigenvalue weighted by Gasteiger charge is 2.23. The van der Waals surface area contributed by atoms with Crippen molar-refractivity contribution in [3.63, 3.8) is 0 Å². The SMILES string of the molecule is COc1ccc2c3c(cc(CCl)c(-c4ccc5c(C)ccc(C)c5c4)c13)C(=O)C=C2. The molecule has 0 unspecified atom stereocenters. The molecule has 0 aromatic heterocycles. The summed E-state index contributed by atoms with van der Waals surface area (Å²) in [4.78, 5) is 12.7. The Morgan fingerprint density at radius 1 is 0.867 bits per heavy atom. The molecule has 0 N–H and O–H groups in total. The van der Waals surface area contributed by atoms with Crippen LogP contribution < -0.4 is 4.74 Å². The van der Waals surface area contributed by atoms with E-state index in [0.29, 0.717) is 11.4 Å². The van der Waals surface area contributed by atoms with Gasteiger partial charge < -0.3 is 4.74 Å². The Bertz CT molecular complexity index is 1400. The summed E-state index contributed by atoms with van der Waals surface area (Å²) in [5.41, 5.74) is 7.25. The highest BCUT2D eigenvalue weighted by Crippen LogP contribution is 2.44. The number of aryl methyl sites for hydroxylation is 2. The zero-order chi connectivity index (χ0) is 21.0.